The topological polar surface area (TPSA) is 61.8 Å². The Bertz CT molecular complexity index is 310. The number of carbonyl (C=O) groups excluding carboxylic acids is 2. The third kappa shape index (κ3) is 0.785. The van der Waals surface area contributed by atoms with E-state index in [0.717, 1.165) is 0 Å². The van der Waals surface area contributed by atoms with Crippen LogP contribution in [0.25, 0.3) is 0 Å². The third-order valence-electron chi connectivity index (χ3n) is 3.32. The van der Waals surface area contributed by atoms with Crippen LogP contribution in [0.15, 0.2) is 0 Å². The van der Waals surface area contributed by atoms with Crippen LogP contribution in [-0.2, 0) is 23.8 Å². The lowest BCUT2D eigenvalue weighted by Crippen LogP contribution is -2.36. The number of hydrogen-bond donors (Lipinski definition) is 0. The zero-order valence-electron chi connectivity index (χ0n) is 7.64. The molecule has 2 bridgehead atoms. The van der Waals surface area contributed by atoms with Crippen LogP contribution < -0.4 is 0 Å². The van der Waals surface area contributed by atoms with Gasteiger partial charge in [-0.3, -0.25) is 9.59 Å². The van der Waals surface area contributed by atoms with Crippen LogP contribution in [0.3, 0.4) is 0 Å². The van der Waals surface area contributed by atoms with E-state index in [2.05, 4.69) is 4.74 Å². The molecule has 5 heteroatoms. The van der Waals surface area contributed by atoms with Gasteiger partial charge in [0.25, 0.3) is 0 Å². The Hall–Kier alpha value is -1.10. The van der Waals surface area contributed by atoms with Gasteiger partial charge in [0.15, 0.2) is 0 Å². The molecule has 0 N–H and O–H groups in total. The first kappa shape index (κ1) is 8.23. The number of ether oxygens (including phenoxy) is 3. The van der Waals surface area contributed by atoms with Crippen LogP contribution in [0.5, 0.6) is 0 Å². The van der Waals surface area contributed by atoms with Gasteiger partial charge in [-0.25, -0.2) is 0 Å². The standard InChI is InChI=1S/C9H10O5/c1-12-8(10)5-3-2-4-7(13-3)6(5)9(11)14-4/h3-7H,2H2,1H3. The van der Waals surface area contributed by atoms with Gasteiger partial charge in [0.2, 0.25) is 0 Å². The first-order chi connectivity index (χ1) is 6.72. The Morgan fingerprint density at radius 2 is 2.29 bits per heavy atom. The summed E-state index contributed by atoms with van der Waals surface area (Å²) in [6.45, 7) is 0. The molecule has 5 atom stereocenters. The number of rotatable bonds is 1. The zero-order valence-corrected chi connectivity index (χ0v) is 7.64. The predicted octanol–water partition coefficient (Wildman–Crippen LogP) is -0.512. The number of esters is 2. The molecule has 0 saturated carbocycles. The van der Waals surface area contributed by atoms with E-state index in [1.54, 1.807) is 0 Å². The summed E-state index contributed by atoms with van der Waals surface area (Å²) in [6.07, 6.45) is 0.107. The molecule has 0 aliphatic carbocycles. The first-order valence-electron chi connectivity index (χ1n) is 4.66. The van der Waals surface area contributed by atoms with Gasteiger partial charge in [-0.15, -0.1) is 0 Å². The molecule has 0 aromatic carbocycles. The number of hydrogen-bond acceptors (Lipinski definition) is 5. The van der Waals surface area contributed by atoms with Gasteiger partial charge in [0.05, 0.1) is 19.1 Å². The maximum Gasteiger partial charge on any atom is 0.313 e. The summed E-state index contributed by atoms with van der Waals surface area (Å²) >= 11 is 0. The van der Waals surface area contributed by atoms with Crippen molar-refractivity contribution in [2.24, 2.45) is 11.8 Å². The largest absolute Gasteiger partial charge is 0.469 e. The Morgan fingerprint density at radius 1 is 1.50 bits per heavy atom. The van der Waals surface area contributed by atoms with Gasteiger partial charge >= 0.3 is 11.9 Å². The van der Waals surface area contributed by atoms with Crippen LogP contribution in [0, 0.1) is 11.8 Å². The van der Waals surface area contributed by atoms with E-state index in [9.17, 15) is 9.59 Å². The molecule has 0 radical (unpaired) electrons. The lowest BCUT2D eigenvalue weighted by atomic mass is 9.80. The number of fused-ring (bicyclic) bond motifs is 1. The van der Waals surface area contributed by atoms with Crippen LogP contribution >= 0.6 is 0 Å². The summed E-state index contributed by atoms with van der Waals surface area (Å²) in [5, 5.41) is 0. The van der Waals surface area contributed by atoms with Gasteiger partial charge in [-0.2, -0.15) is 0 Å². The Balaban J connectivity index is 1.95. The molecule has 3 rings (SSSR count). The highest BCUT2D eigenvalue weighted by molar-refractivity contribution is 5.86. The molecule has 0 amide bonds. The zero-order chi connectivity index (χ0) is 9.87. The van der Waals surface area contributed by atoms with Crippen molar-refractivity contribution in [2.75, 3.05) is 7.11 Å². The van der Waals surface area contributed by atoms with E-state index in [1.165, 1.54) is 7.11 Å². The molecule has 3 heterocycles. The molecule has 0 spiro atoms. The third-order valence-corrected chi connectivity index (χ3v) is 3.32. The molecule has 5 unspecified atom stereocenters. The summed E-state index contributed by atoms with van der Waals surface area (Å²) in [5.74, 6) is -1.54. The van der Waals surface area contributed by atoms with Crippen molar-refractivity contribution >= 4 is 11.9 Å². The van der Waals surface area contributed by atoms with E-state index in [1.807, 2.05) is 0 Å². The fourth-order valence-corrected chi connectivity index (χ4v) is 2.75. The quantitative estimate of drug-likeness (QED) is 0.531. The molecule has 3 aliphatic heterocycles. The summed E-state index contributed by atoms with van der Waals surface area (Å²) in [7, 11) is 1.33. The van der Waals surface area contributed by atoms with Crippen molar-refractivity contribution in [3.8, 4) is 0 Å². The second-order valence-corrected chi connectivity index (χ2v) is 3.92. The second kappa shape index (κ2) is 2.48. The van der Waals surface area contributed by atoms with Crippen molar-refractivity contribution in [3.63, 3.8) is 0 Å². The lowest BCUT2D eigenvalue weighted by Gasteiger charge is -2.18. The fourth-order valence-electron chi connectivity index (χ4n) is 2.75. The normalized spacial score (nSPS) is 48.1. The first-order valence-corrected chi connectivity index (χ1v) is 4.66. The van der Waals surface area contributed by atoms with E-state index in [0.29, 0.717) is 6.42 Å². The summed E-state index contributed by atoms with van der Waals surface area (Å²) in [5.41, 5.74) is 0. The highest BCUT2D eigenvalue weighted by Gasteiger charge is 2.66. The fraction of sp³-hybridized carbons (Fsp3) is 0.778. The molecule has 3 saturated heterocycles. The SMILES string of the molecule is COC(=O)C1C2CC3OC(=O)C1C3O2. The van der Waals surface area contributed by atoms with Gasteiger partial charge < -0.3 is 14.2 Å². The summed E-state index contributed by atoms with van der Waals surface area (Å²) in [4.78, 5) is 22.8. The molecular weight excluding hydrogens is 188 g/mol. The molecule has 5 nitrogen and oxygen atoms in total. The number of methoxy groups -OCH3 is 1. The van der Waals surface area contributed by atoms with E-state index in [-0.39, 0.29) is 30.3 Å². The van der Waals surface area contributed by atoms with Crippen LogP contribution in [0.1, 0.15) is 6.42 Å². The average Bonchev–Trinajstić information content (AvgIpc) is 2.75. The smallest absolute Gasteiger partial charge is 0.313 e. The Kier molecular flexibility index (Phi) is 1.45. The van der Waals surface area contributed by atoms with Crippen molar-refractivity contribution in [3.05, 3.63) is 0 Å². The van der Waals surface area contributed by atoms with Crippen molar-refractivity contribution in [1.29, 1.82) is 0 Å². The molecular formula is C9H10O5. The van der Waals surface area contributed by atoms with Crippen LogP contribution in [0.2, 0.25) is 0 Å². The van der Waals surface area contributed by atoms with Gasteiger partial charge in [-0.05, 0) is 0 Å². The maximum atomic E-state index is 11.4. The Morgan fingerprint density at radius 3 is 3.00 bits per heavy atom. The number of carbonyl (C=O) groups is 2. The summed E-state index contributed by atoms with van der Waals surface area (Å²) in [6, 6.07) is 0. The molecule has 76 valence electrons. The average molecular weight is 198 g/mol. The van der Waals surface area contributed by atoms with Crippen molar-refractivity contribution in [1.82, 2.24) is 0 Å². The summed E-state index contributed by atoms with van der Waals surface area (Å²) < 4.78 is 15.3. The van der Waals surface area contributed by atoms with E-state index in [4.69, 9.17) is 9.47 Å². The highest BCUT2D eigenvalue weighted by atomic mass is 16.6. The maximum absolute atomic E-state index is 11.4. The molecule has 14 heavy (non-hydrogen) atoms. The van der Waals surface area contributed by atoms with Crippen LogP contribution in [0.4, 0.5) is 0 Å². The van der Waals surface area contributed by atoms with Gasteiger partial charge in [0.1, 0.15) is 18.1 Å². The second-order valence-electron chi connectivity index (χ2n) is 3.92. The van der Waals surface area contributed by atoms with Gasteiger partial charge in [-0.1, -0.05) is 0 Å². The molecule has 3 aliphatic rings. The monoisotopic (exact) mass is 198 g/mol. The van der Waals surface area contributed by atoms with E-state index < -0.39 is 11.8 Å². The molecule has 3 fully saturated rings. The van der Waals surface area contributed by atoms with Crippen LogP contribution in [-0.4, -0.2) is 37.4 Å². The van der Waals surface area contributed by atoms with Crippen molar-refractivity contribution < 1.29 is 23.8 Å². The van der Waals surface area contributed by atoms with Gasteiger partial charge in [0, 0.05) is 6.42 Å². The minimum absolute atomic E-state index is 0.126. The Labute approximate surface area is 80.3 Å². The molecule has 0 aromatic rings. The van der Waals surface area contributed by atoms with Crippen molar-refractivity contribution in [2.45, 2.75) is 24.7 Å². The van der Waals surface area contributed by atoms with E-state index >= 15 is 0 Å². The molecule has 0 aromatic heterocycles. The lowest BCUT2D eigenvalue weighted by molar-refractivity contribution is -0.153. The predicted molar refractivity (Wildman–Crippen MR) is 42.2 cm³/mol. The highest BCUT2D eigenvalue weighted by Crippen LogP contribution is 2.50. The minimum Gasteiger partial charge on any atom is -0.469 e. The minimum atomic E-state index is -0.448.